The smallest absolute Gasteiger partial charge is 0.333 e. The fourth-order valence-corrected chi connectivity index (χ4v) is 2.49. The van der Waals surface area contributed by atoms with Gasteiger partial charge in [-0.05, 0) is 39.3 Å². The summed E-state index contributed by atoms with van der Waals surface area (Å²) in [4.78, 5) is 11.0. The normalized spacial score (nSPS) is 19.5. The van der Waals surface area contributed by atoms with Gasteiger partial charge in [0.2, 0.25) is 0 Å². The summed E-state index contributed by atoms with van der Waals surface area (Å²) in [6.45, 7) is 7.18. The van der Waals surface area contributed by atoms with Gasteiger partial charge >= 0.3 is 5.69 Å². The van der Waals surface area contributed by atoms with E-state index in [4.69, 9.17) is 9.47 Å². The number of nitrogens with one attached hydrogen (secondary N) is 1. The molecule has 0 radical (unpaired) electrons. The zero-order chi connectivity index (χ0) is 15.4. The zero-order valence-electron chi connectivity index (χ0n) is 12.7. The number of hydrogen-bond donors (Lipinski definition) is 1. The largest absolute Gasteiger partial charge is 0.484 e. The molecule has 0 aromatic heterocycles. The topological polar surface area (TPSA) is 73.6 Å². The lowest BCUT2D eigenvalue weighted by molar-refractivity contribution is -0.385. The minimum absolute atomic E-state index is 0.00281. The van der Waals surface area contributed by atoms with E-state index in [0.717, 1.165) is 13.0 Å². The Morgan fingerprint density at radius 2 is 2.19 bits per heavy atom. The summed E-state index contributed by atoms with van der Waals surface area (Å²) in [6.07, 6.45) is 0.865. The molecule has 116 valence electrons. The summed E-state index contributed by atoms with van der Waals surface area (Å²) in [5.41, 5.74) is 0.495. The van der Waals surface area contributed by atoms with Gasteiger partial charge in [-0.3, -0.25) is 10.1 Å². The second-order valence-corrected chi connectivity index (χ2v) is 5.63. The molecule has 0 aliphatic carbocycles. The lowest BCUT2D eigenvalue weighted by atomic mass is 10.0. The summed E-state index contributed by atoms with van der Waals surface area (Å²) in [5, 5.41) is 14.6. The van der Waals surface area contributed by atoms with Gasteiger partial charge in [-0.25, -0.2) is 0 Å². The maximum Gasteiger partial charge on any atom is 0.333 e. The Kier molecular flexibility index (Phi) is 5.01. The predicted octanol–water partition coefficient (Wildman–Crippen LogP) is 3.22. The van der Waals surface area contributed by atoms with E-state index in [2.05, 4.69) is 5.32 Å². The van der Waals surface area contributed by atoms with Crippen molar-refractivity contribution in [1.29, 1.82) is 0 Å². The Hall–Kier alpha value is -1.82. The van der Waals surface area contributed by atoms with Crippen molar-refractivity contribution < 1.29 is 14.4 Å². The van der Waals surface area contributed by atoms with Crippen LogP contribution in [0.1, 0.15) is 27.2 Å². The van der Waals surface area contributed by atoms with Crippen LogP contribution in [0, 0.1) is 16.0 Å². The summed E-state index contributed by atoms with van der Waals surface area (Å²) in [5.74, 6) is 0.675. The van der Waals surface area contributed by atoms with Crippen LogP contribution in [0.2, 0.25) is 0 Å². The van der Waals surface area contributed by atoms with Crippen LogP contribution >= 0.6 is 0 Å². The first-order valence-corrected chi connectivity index (χ1v) is 7.27. The average molecular weight is 294 g/mol. The van der Waals surface area contributed by atoms with Crippen LogP contribution < -0.4 is 10.1 Å². The monoisotopic (exact) mass is 294 g/mol. The van der Waals surface area contributed by atoms with Crippen LogP contribution in [0.25, 0.3) is 0 Å². The van der Waals surface area contributed by atoms with Gasteiger partial charge in [0.25, 0.3) is 0 Å². The van der Waals surface area contributed by atoms with Gasteiger partial charge in [-0.15, -0.1) is 0 Å². The van der Waals surface area contributed by atoms with Gasteiger partial charge in [-0.1, -0.05) is 6.07 Å². The second-order valence-electron chi connectivity index (χ2n) is 5.63. The molecule has 0 bridgehead atoms. The fourth-order valence-electron chi connectivity index (χ4n) is 2.49. The molecule has 1 saturated heterocycles. The number of benzene rings is 1. The molecule has 1 fully saturated rings. The Morgan fingerprint density at radius 3 is 2.76 bits per heavy atom. The number of ether oxygens (including phenoxy) is 2. The Labute approximate surface area is 124 Å². The van der Waals surface area contributed by atoms with E-state index in [0.29, 0.717) is 24.0 Å². The molecule has 2 rings (SSSR count). The molecular formula is C15H22N2O4. The van der Waals surface area contributed by atoms with Crippen molar-refractivity contribution in [2.24, 2.45) is 5.92 Å². The van der Waals surface area contributed by atoms with Crippen molar-refractivity contribution in [2.75, 3.05) is 18.5 Å². The van der Waals surface area contributed by atoms with Crippen LogP contribution in [0.15, 0.2) is 18.2 Å². The van der Waals surface area contributed by atoms with Gasteiger partial charge in [0.05, 0.1) is 17.6 Å². The lowest BCUT2D eigenvalue weighted by Crippen LogP contribution is -2.26. The first kappa shape index (κ1) is 15.6. The summed E-state index contributed by atoms with van der Waals surface area (Å²) >= 11 is 0. The number of nitrogens with zero attached hydrogens (tertiary/aromatic N) is 1. The third kappa shape index (κ3) is 3.85. The number of hydrogen-bond acceptors (Lipinski definition) is 5. The standard InChI is InChI=1S/C15H22N2O4/c1-10(2)21-14-6-4-5-13(15(14)17(18)19)16-11(3)12-7-8-20-9-12/h4-6,10-12,16H,7-9H2,1-3H3. The third-order valence-corrected chi connectivity index (χ3v) is 3.60. The maximum absolute atomic E-state index is 11.4. The van der Waals surface area contributed by atoms with Crippen molar-refractivity contribution in [3.8, 4) is 5.75 Å². The zero-order valence-corrected chi connectivity index (χ0v) is 12.7. The molecule has 1 aliphatic heterocycles. The van der Waals surface area contributed by atoms with Crippen LogP contribution in [0.5, 0.6) is 5.75 Å². The summed E-state index contributed by atoms with van der Waals surface area (Å²) in [6, 6.07) is 5.23. The molecule has 1 aromatic carbocycles. The highest BCUT2D eigenvalue weighted by Crippen LogP contribution is 2.36. The molecule has 0 amide bonds. The molecule has 21 heavy (non-hydrogen) atoms. The Bertz CT molecular complexity index is 498. The quantitative estimate of drug-likeness (QED) is 0.644. The SMILES string of the molecule is CC(C)Oc1cccc(NC(C)C2CCOC2)c1[N+](=O)[O-]. The highest BCUT2D eigenvalue weighted by atomic mass is 16.6. The van der Waals surface area contributed by atoms with Crippen LogP contribution in [0.3, 0.4) is 0 Å². The van der Waals surface area contributed by atoms with Crippen molar-refractivity contribution >= 4 is 11.4 Å². The van der Waals surface area contributed by atoms with Gasteiger partial charge in [0.1, 0.15) is 5.69 Å². The lowest BCUT2D eigenvalue weighted by Gasteiger charge is -2.21. The molecule has 1 aliphatic rings. The van der Waals surface area contributed by atoms with Crippen LogP contribution in [-0.2, 0) is 4.74 Å². The van der Waals surface area contributed by atoms with E-state index in [1.54, 1.807) is 18.2 Å². The summed E-state index contributed by atoms with van der Waals surface area (Å²) in [7, 11) is 0. The molecule has 0 saturated carbocycles. The molecule has 6 nitrogen and oxygen atoms in total. The highest BCUT2D eigenvalue weighted by Gasteiger charge is 2.27. The van der Waals surface area contributed by atoms with Crippen molar-refractivity contribution in [1.82, 2.24) is 0 Å². The van der Waals surface area contributed by atoms with Crippen molar-refractivity contribution in [3.05, 3.63) is 28.3 Å². The molecule has 0 spiro atoms. The first-order valence-electron chi connectivity index (χ1n) is 7.27. The fraction of sp³-hybridized carbons (Fsp3) is 0.600. The highest BCUT2D eigenvalue weighted by molar-refractivity contribution is 5.68. The third-order valence-electron chi connectivity index (χ3n) is 3.60. The predicted molar refractivity (Wildman–Crippen MR) is 80.9 cm³/mol. The molecule has 1 N–H and O–H groups in total. The number of nitro benzene ring substituents is 1. The number of rotatable bonds is 6. The van der Waals surface area contributed by atoms with Gasteiger partial charge in [0.15, 0.2) is 5.75 Å². The van der Waals surface area contributed by atoms with Gasteiger partial charge < -0.3 is 14.8 Å². The number of anilines is 1. The summed E-state index contributed by atoms with van der Waals surface area (Å²) < 4.78 is 10.9. The Morgan fingerprint density at radius 1 is 1.43 bits per heavy atom. The molecule has 2 unspecified atom stereocenters. The van der Waals surface area contributed by atoms with E-state index in [1.807, 2.05) is 20.8 Å². The van der Waals surface area contributed by atoms with E-state index >= 15 is 0 Å². The van der Waals surface area contributed by atoms with E-state index in [1.165, 1.54) is 0 Å². The maximum atomic E-state index is 11.4. The van der Waals surface area contributed by atoms with Gasteiger partial charge in [-0.2, -0.15) is 0 Å². The van der Waals surface area contributed by atoms with Crippen LogP contribution in [0.4, 0.5) is 11.4 Å². The van der Waals surface area contributed by atoms with Gasteiger partial charge in [0, 0.05) is 18.6 Å². The molecule has 1 heterocycles. The molecule has 2 atom stereocenters. The van der Waals surface area contributed by atoms with Crippen molar-refractivity contribution in [2.45, 2.75) is 39.3 Å². The Balaban J connectivity index is 2.23. The van der Waals surface area contributed by atoms with E-state index in [-0.39, 0.29) is 17.8 Å². The minimum Gasteiger partial charge on any atom is -0.484 e. The van der Waals surface area contributed by atoms with E-state index in [9.17, 15) is 10.1 Å². The molecular weight excluding hydrogens is 272 g/mol. The van der Waals surface area contributed by atoms with Crippen LogP contribution in [-0.4, -0.2) is 30.3 Å². The first-order chi connectivity index (χ1) is 9.99. The number of nitro groups is 1. The molecule has 6 heteroatoms. The average Bonchev–Trinajstić information content (AvgIpc) is 2.91. The minimum atomic E-state index is -0.391. The second kappa shape index (κ2) is 6.76. The number of para-hydroxylation sites is 1. The van der Waals surface area contributed by atoms with Crippen molar-refractivity contribution in [3.63, 3.8) is 0 Å². The molecule has 1 aromatic rings. The van der Waals surface area contributed by atoms with E-state index < -0.39 is 4.92 Å².